The van der Waals surface area contributed by atoms with Gasteiger partial charge in [0.2, 0.25) is 0 Å². The maximum absolute atomic E-state index is 10.5. The van der Waals surface area contributed by atoms with Gasteiger partial charge < -0.3 is 4.74 Å². The van der Waals surface area contributed by atoms with Crippen molar-refractivity contribution >= 4 is 5.78 Å². The van der Waals surface area contributed by atoms with Crippen LogP contribution in [-0.4, -0.2) is 19.1 Å². The van der Waals surface area contributed by atoms with Gasteiger partial charge in [-0.3, -0.25) is 14.3 Å². The molecule has 0 aromatic carbocycles. The van der Waals surface area contributed by atoms with Gasteiger partial charge in [-0.2, -0.15) is 0 Å². The molecule has 4 heteroatoms. The second kappa shape index (κ2) is 3.50. The first kappa shape index (κ1) is 8.23. The largest absolute Gasteiger partial charge is 0.446 e. The van der Waals surface area contributed by atoms with Crippen molar-refractivity contribution in [2.45, 2.75) is 20.3 Å². The Morgan fingerprint density at radius 1 is 1.55 bits per heavy atom. The van der Waals surface area contributed by atoms with Gasteiger partial charge in [0.05, 0.1) is 0 Å². The van der Waals surface area contributed by atoms with E-state index in [1.165, 1.54) is 13.0 Å². The molecule has 4 nitrogen and oxygen atoms in total. The number of hydrogen-bond donors (Lipinski definition) is 0. The predicted octanol–water partition coefficient (Wildman–Crippen LogP) is 0.784. The smallest absolute Gasteiger partial charge is 0.319 e. The lowest BCUT2D eigenvalue weighted by Crippen LogP contribution is -2.32. The van der Waals surface area contributed by atoms with Crippen LogP contribution in [0.1, 0.15) is 13.8 Å². The molecule has 0 radical (unpaired) electrons. The summed E-state index contributed by atoms with van der Waals surface area (Å²) >= 11 is 0. The summed E-state index contributed by atoms with van der Waals surface area (Å²) < 4.78 is 14.6. The second-order valence-corrected chi connectivity index (χ2v) is 2.22. The molecule has 0 saturated carbocycles. The fourth-order valence-electron chi connectivity index (χ4n) is 0.664. The van der Waals surface area contributed by atoms with Crippen LogP contribution in [0.5, 0.6) is 0 Å². The van der Waals surface area contributed by atoms with E-state index < -0.39 is 6.48 Å². The maximum atomic E-state index is 10.5. The van der Waals surface area contributed by atoms with Crippen LogP contribution in [0, 0.1) is 0 Å². The minimum absolute atomic E-state index is 0.0539. The highest BCUT2D eigenvalue weighted by Crippen LogP contribution is 2.12. The van der Waals surface area contributed by atoms with Crippen LogP contribution in [0.15, 0.2) is 11.8 Å². The summed E-state index contributed by atoms with van der Waals surface area (Å²) in [4.78, 5) is 10.5. The van der Waals surface area contributed by atoms with Crippen molar-refractivity contribution in [2.24, 2.45) is 0 Å². The molecule has 1 saturated heterocycles. The average molecular weight is 158 g/mol. The number of ketones is 1. The highest BCUT2D eigenvalue weighted by molar-refractivity contribution is 5.87. The van der Waals surface area contributed by atoms with Crippen molar-refractivity contribution in [3.63, 3.8) is 0 Å². The molecule has 1 aliphatic rings. The van der Waals surface area contributed by atoms with Crippen molar-refractivity contribution in [1.29, 1.82) is 0 Å². The van der Waals surface area contributed by atoms with E-state index >= 15 is 0 Å². The fraction of sp³-hybridized carbons (Fsp3) is 0.571. The molecule has 0 bridgehead atoms. The summed E-state index contributed by atoms with van der Waals surface area (Å²) in [5.41, 5.74) is 0. The lowest BCUT2D eigenvalue weighted by molar-refractivity contribution is -0.410. The minimum atomic E-state index is -0.620. The molecule has 0 spiro atoms. The van der Waals surface area contributed by atoms with E-state index in [1.54, 1.807) is 6.92 Å². The summed E-state index contributed by atoms with van der Waals surface area (Å²) in [5, 5.41) is 0. The van der Waals surface area contributed by atoms with Gasteiger partial charge in [0.25, 0.3) is 0 Å². The Morgan fingerprint density at radius 2 is 2.18 bits per heavy atom. The van der Waals surface area contributed by atoms with Gasteiger partial charge in [-0.25, -0.2) is 0 Å². The molecule has 1 rings (SSSR count). The highest BCUT2D eigenvalue weighted by atomic mass is 17.0. The topological polar surface area (TPSA) is 44.8 Å². The summed E-state index contributed by atoms with van der Waals surface area (Å²) in [6, 6.07) is 0. The van der Waals surface area contributed by atoms with Crippen molar-refractivity contribution in [3.8, 4) is 0 Å². The Hall–Kier alpha value is -0.870. The molecule has 0 aromatic heterocycles. The van der Waals surface area contributed by atoms with Gasteiger partial charge in [-0.05, 0) is 13.8 Å². The number of ether oxygens (including phenoxy) is 3. The third-order valence-electron chi connectivity index (χ3n) is 1.10. The van der Waals surface area contributed by atoms with Crippen molar-refractivity contribution in [3.05, 3.63) is 11.8 Å². The first-order chi connectivity index (χ1) is 5.18. The molecule has 0 aliphatic carbocycles. The van der Waals surface area contributed by atoms with Crippen molar-refractivity contribution < 1.29 is 19.0 Å². The standard InChI is InChI=1S/C7H10O4/c1-5(8)3-6(2)11-7-9-4-10-7/h3,7H,4H2,1-2H3/b6-3-. The van der Waals surface area contributed by atoms with Crippen LogP contribution in [0.2, 0.25) is 0 Å². The Morgan fingerprint density at radius 3 is 2.55 bits per heavy atom. The molecule has 0 aromatic rings. The fourth-order valence-corrected chi connectivity index (χ4v) is 0.664. The first-order valence-electron chi connectivity index (χ1n) is 3.27. The zero-order valence-electron chi connectivity index (χ0n) is 6.49. The highest BCUT2D eigenvalue weighted by Gasteiger charge is 2.20. The van der Waals surface area contributed by atoms with Gasteiger partial charge >= 0.3 is 6.48 Å². The van der Waals surface area contributed by atoms with E-state index in [0.29, 0.717) is 5.76 Å². The molecule has 1 heterocycles. The molecule has 62 valence electrons. The van der Waals surface area contributed by atoms with E-state index in [0.717, 1.165) is 0 Å². The van der Waals surface area contributed by atoms with Crippen LogP contribution >= 0.6 is 0 Å². The molecule has 0 N–H and O–H groups in total. The van der Waals surface area contributed by atoms with Gasteiger partial charge in [0.15, 0.2) is 12.6 Å². The van der Waals surface area contributed by atoms with Crippen LogP contribution in [-0.2, 0) is 19.0 Å². The van der Waals surface area contributed by atoms with E-state index in [4.69, 9.17) is 14.2 Å². The van der Waals surface area contributed by atoms with E-state index in [1.807, 2.05) is 0 Å². The molecular weight excluding hydrogens is 148 g/mol. The predicted molar refractivity (Wildman–Crippen MR) is 36.3 cm³/mol. The Balaban J connectivity index is 2.29. The Bertz CT molecular complexity index is 181. The average Bonchev–Trinajstić information content (AvgIpc) is 1.77. The Labute approximate surface area is 64.7 Å². The van der Waals surface area contributed by atoms with Crippen molar-refractivity contribution in [2.75, 3.05) is 6.79 Å². The third kappa shape index (κ3) is 2.69. The summed E-state index contributed by atoms with van der Waals surface area (Å²) in [5.74, 6) is 0.448. The minimum Gasteiger partial charge on any atom is -0.446 e. The molecule has 0 unspecified atom stereocenters. The second-order valence-electron chi connectivity index (χ2n) is 2.22. The quantitative estimate of drug-likeness (QED) is 0.450. The molecule has 1 fully saturated rings. The van der Waals surface area contributed by atoms with Gasteiger partial charge in [0, 0.05) is 6.08 Å². The number of rotatable bonds is 3. The molecule has 0 amide bonds. The normalized spacial score (nSPS) is 19.3. The maximum Gasteiger partial charge on any atom is 0.319 e. The first-order valence-corrected chi connectivity index (χ1v) is 3.27. The molecule has 0 atom stereocenters. The van der Waals surface area contributed by atoms with Gasteiger partial charge in [-0.1, -0.05) is 0 Å². The van der Waals surface area contributed by atoms with E-state index in [-0.39, 0.29) is 12.6 Å². The lowest BCUT2D eigenvalue weighted by Gasteiger charge is -2.26. The SMILES string of the molecule is CC(=O)/C=C(/C)OC1OCO1. The number of hydrogen-bond acceptors (Lipinski definition) is 4. The van der Waals surface area contributed by atoms with Crippen molar-refractivity contribution in [1.82, 2.24) is 0 Å². The van der Waals surface area contributed by atoms with E-state index in [2.05, 4.69) is 0 Å². The summed E-state index contributed by atoms with van der Waals surface area (Å²) in [6.07, 6.45) is 1.38. The summed E-state index contributed by atoms with van der Waals surface area (Å²) in [6.45, 7) is 2.77. The van der Waals surface area contributed by atoms with Crippen LogP contribution < -0.4 is 0 Å². The number of allylic oxidation sites excluding steroid dienone is 2. The monoisotopic (exact) mass is 158 g/mol. The van der Waals surface area contributed by atoms with Gasteiger partial charge in [0.1, 0.15) is 5.76 Å². The van der Waals surface area contributed by atoms with Crippen LogP contribution in [0.4, 0.5) is 0 Å². The zero-order chi connectivity index (χ0) is 8.27. The molecule has 11 heavy (non-hydrogen) atoms. The lowest BCUT2D eigenvalue weighted by atomic mass is 10.4. The molecule has 1 aliphatic heterocycles. The number of carbonyl (C=O) groups excluding carboxylic acids is 1. The van der Waals surface area contributed by atoms with E-state index in [9.17, 15) is 4.79 Å². The summed E-state index contributed by atoms with van der Waals surface area (Å²) in [7, 11) is 0. The zero-order valence-corrected chi connectivity index (χ0v) is 6.49. The number of carbonyl (C=O) groups is 1. The Kier molecular flexibility index (Phi) is 2.62. The third-order valence-corrected chi connectivity index (χ3v) is 1.10. The van der Waals surface area contributed by atoms with Crippen LogP contribution in [0.25, 0.3) is 0 Å². The van der Waals surface area contributed by atoms with Crippen LogP contribution in [0.3, 0.4) is 0 Å². The molecular formula is C7H10O4. The van der Waals surface area contributed by atoms with Gasteiger partial charge in [-0.15, -0.1) is 0 Å².